The van der Waals surface area contributed by atoms with Gasteiger partial charge in [0.25, 0.3) is 0 Å². The molecule has 0 aliphatic heterocycles. The van der Waals surface area contributed by atoms with Crippen molar-refractivity contribution in [1.82, 2.24) is 10.2 Å². The molecule has 0 aliphatic carbocycles. The van der Waals surface area contributed by atoms with Gasteiger partial charge in [-0.05, 0) is 50.1 Å². The van der Waals surface area contributed by atoms with Crippen LogP contribution in [0.15, 0.2) is 42.5 Å². The largest absolute Gasteiger partial charge is 0.352 e. The van der Waals surface area contributed by atoms with Gasteiger partial charge < -0.3 is 10.2 Å². The van der Waals surface area contributed by atoms with Gasteiger partial charge in [-0.3, -0.25) is 9.59 Å². The first-order valence-corrected chi connectivity index (χ1v) is 10.3. The average molecular weight is 439 g/mol. The minimum atomic E-state index is -0.749. The molecule has 0 unspecified atom stereocenters. The van der Waals surface area contributed by atoms with E-state index < -0.39 is 17.8 Å². The number of nitrogens with one attached hydrogen (secondary N) is 1. The molecule has 29 heavy (non-hydrogen) atoms. The zero-order valence-electron chi connectivity index (χ0n) is 16.7. The highest BCUT2D eigenvalue weighted by atomic mass is 35.5. The molecule has 0 aliphatic rings. The maximum atomic E-state index is 14.2. The van der Waals surface area contributed by atoms with Gasteiger partial charge in [0.1, 0.15) is 11.9 Å². The predicted octanol–water partition coefficient (Wildman–Crippen LogP) is 5.01. The molecule has 0 spiro atoms. The highest BCUT2D eigenvalue weighted by Gasteiger charge is 2.28. The van der Waals surface area contributed by atoms with Crippen molar-refractivity contribution in [2.75, 3.05) is 0 Å². The van der Waals surface area contributed by atoms with Crippen LogP contribution in [0.2, 0.25) is 10.0 Å². The lowest BCUT2D eigenvalue weighted by Crippen LogP contribution is -2.50. The maximum Gasteiger partial charge on any atom is 0.242 e. The van der Waals surface area contributed by atoms with E-state index in [1.54, 1.807) is 25.1 Å². The number of carbonyl (C=O) groups is 2. The van der Waals surface area contributed by atoms with Gasteiger partial charge >= 0.3 is 0 Å². The van der Waals surface area contributed by atoms with Crippen molar-refractivity contribution in [3.05, 3.63) is 69.5 Å². The van der Waals surface area contributed by atoms with Crippen molar-refractivity contribution in [1.29, 1.82) is 0 Å². The maximum absolute atomic E-state index is 14.2. The van der Waals surface area contributed by atoms with Gasteiger partial charge in [0, 0.05) is 28.2 Å². The van der Waals surface area contributed by atoms with Crippen LogP contribution in [0.25, 0.3) is 0 Å². The third-order valence-corrected chi connectivity index (χ3v) is 5.39. The molecule has 7 heteroatoms. The van der Waals surface area contributed by atoms with Crippen LogP contribution in [-0.2, 0) is 22.6 Å². The molecule has 0 bridgehead atoms. The number of halogens is 3. The average Bonchev–Trinajstić information content (AvgIpc) is 2.68. The summed E-state index contributed by atoms with van der Waals surface area (Å²) in [6, 6.07) is 10.6. The Morgan fingerprint density at radius 1 is 1.14 bits per heavy atom. The van der Waals surface area contributed by atoms with Crippen LogP contribution in [0.1, 0.15) is 38.3 Å². The summed E-state index contributed by atoms with van der Waals surface area (Å²) in [6.45, 7) is 5.68. The number of benzene rings is 2. The molecule has 2 atom stereocenters. The molecule has 0 saturated carbocycles. The van der Waals surface area contributed by atoms with Gasteiger partial charge in [-0.2, -0.15) is 0 Å². The first-order valence-electron chi connectivity index (χ1n) is 9.50. The zero-order valence-corrected chi connectivity index (χ0v) is 18.2. The highest BCUT2D eigenvalue weighted by molar-refractivity contribution is 6.31. The Bertz CT molecular complexity index is 855. The van der Waals surface area contributed by atoms with E-state index in [1.807, 2.05) is 19.9 Å². The molecule has 4 nitrogen and oxygen atoms in total. The van der Waals surface area contributed by atoms with Crippen molar-refractivity contribution in [2.45, 2.75) is 52.2 Å². The molecule has 0 aromatic heterocycles. The molecule has 2 aromatic carbocycles. The second-order valence-electron chi connectivity index (χ2n) is 7.02. The van der Waals surface area contributed by atoms with Crippen LogP contribution in [0.4, 0.5) is 4.39 Å². The first kappa shape index (κ1) is 23.2. The van der Waals surface area contributed by atoms with E-state index >= 15 is 0 Å². The molecular weight excluding hydrogens is 414 g/mol. The van der Waals surface area contributed by atoms with E-state index in [0.717, 1.165) is 12.0 Å². The smallest absolute Gasteiger partial charge is 0.242 e. The summed E-state index contributed by atoms with van der Waals surface area (Å²) >= 11 is 12.1. The van der Waals surface area contributed by atoms with E-state index in [-0.39, 0.29) is 35.5 Å². The summed E-state index contributed by atoms with van der Waals surface area (Å²) in [6.07, 6.45) is 0.526. The Labute approximate surface area is 181 Å². The summed E-state index contributed by atoms with van der Waals surface area (Å²) in [7, 11) is 0. The molecular formula is C22H25Cl2FN2O2. The fourth-order valence-electron chi connectivity index (χ4n) is 2.83. The van der Waals surface area contributed by atoms with Crippen LogP contribution in [0.3, 0.4) is 0 Å². The Morgan fingerprint density at radius 2 is 1.83 bits per heavy atom. The van der Waals surface area contributed by atoms with E-state index in [1.165, 1.54) is 23.1 Å². The standard InChI is InChI=1S/C22H25Cl2FN2O2/c1-4-14(2)26-22(29)15(3)27(13-16-7-5-8-17(23)11-16)21(28)12-18-19(24)9-6-10-20(18)25/h5-11,14-15H,4,12-13H2,1-3H3,(H,26,29)/t14-,15-/m0/s1. The van der Waals surface area contributed by atoms with Gasteiger partial charge in [0.15, 0.2) is 0 Å². The van der Waals surface area contributed by atoms with Gasteiger partial charge in [-0.25, -0.2) is 4.39 Å². The van der Waals surface area contributed by atoms with E-state index in [0.29, 0.717) is 5.02 Å². The van der Waals surface area contributed by atoms with E-state index in [2.05, 4.69) is 5.32 Å². The first-order chi connectivity index (χ1) is 13.7. The molecule has 1 N–H and O–H groups in total. The van der Waals surface area contributed by atoms with Crippen molar-refractivity contribution in [3.8, 4) is 0 Å². The van der Waals surface area contributed by atoms with Crippen LogP contribution in [-0.4, -0.2) is 28.8 Å². The second kappa shape index (κ2) is 10.6. The lowest BCUT2D eigenvalue weighted by Gasteiger charge is -2.30. The molecule has 2 amide bonds. The normalized spacial score (nSPS) is 12.9. The van der Waals surface area contributed by atoms with Crippen LogP contribution in [0.5, 0.6) is 0 Å². The van der Waals surface area contributed by atoms with Crippen molar-refractivity contribution >= 4 is 35.0 Å². The summed E-state index contributed by atoms with van der Waals surface area (Å²) in [4.78, 5) is 27.2. The van der Waals surface area contributed by atoms with Gasteiger partial charge in [-0.15, -0.1) is 0 Å². The number of amides is 2. The topological polar surface area (TPSA) is 49.4 Å². The van der Waals surface area contributed by atoms with Crippen LogP contribution < -0.4 is 5.32 Å². The predicted molar refractivity (Wildman–Crippen MR) is 114 cm³/mol. The molecule has 0 heterocycles. The lowest BCUT2D eigenvalue weighted by molar-refractivity contribution is -0.140. The van der Waals surface area contributed by atoms with Crippen molar-refractivity contribution < 1.29 is 14.0 Å². The van der Waals surface area contributed by atoms with E-state index in [9.17, 15) is 14.0 Å². The number of nitrogens with zero attached hydrogens (tertiary/aromatic N) is 1. The van der Waals surface area contributed by atoms with Crippen LogP contribution in [0, 0.1) is 5.82 Å². The summed E-state index contributed by atoms with van der Waals surface area (Å²) in [5.41, 5.74) is 0.887. The Balaban J connectivity index is 2.29. The van der Waals surface area contributed by atoms with Gasteiger partial charge in [0.2, 0.25) is 11.8 Å². The molecule has 0 saturated heterocycles. The fraction of sp³-hybridized carbons (Fsp3) is 0.364. The van der Waals surface area contributed by atoms with E-state index in [4.69, 9.17) is 23.2 Å². The summed E-state index contributed by atoms with van der Waals surface area (Å²) in [5.74, 6) is -1.22. The zero-order chi connectivity index (χ0) is 21.6. The highest BCUT2D eigenvalue weighted by Crippen LogP contribution is 2.22. The van der Waals surface area contributed by atoms with Crippen molar-refractivity contribution in [2.24, 2.45) is 0 Å². The lowest BCUT2D eigenvalue weighted by atomic mass is 10.1. The van der Waals surface area contributed by atoms with Crippen LogP contribution >= 0.6 is 23.2 Å². The SMILES string of the molecule is CC[C@H](C)NC(=O)[C@H](C)N(Cc1cccc(Cl)c1)C(=O)Cc1c(F)cccc1Cl. The molecule has 2 rings (SSSR count). The fourth-order valence-corrected chi connectivity index (χ4v) is 3.28. The van der Waals surface area contributed by atoms with Gasteiger partial charge in [0.05, 0.1) is 6.42 Å². The monoisotopic (exact) mass is 438 g/mol. The quantitative estimate of drug-likeness (QED) is 0.629. The Hall–Kier alpha value is -2.11. The number of rotatable bonds is 8. The number of hydrogen-bond donors (Lipinski definition) is 1. The van der Waals surface area contributed by atoms with Gasteiger partial charge in [-0.1, -0.05) is 48.3 Å². The molecule has 0 radical (unpaired) electrons. The minimum Gasteiger partial charge on any atom is -0.352 e. The molecule has 0 fully saturated rings. The third-order valence-electron chi connectivity index (χ3n) is 4.80. The number of hydrogen-bond acceptors (Lipinski definition) is 2. The second-order valence-corrected chi connectivity index (χ2v) is 7.87. The molecule has 156 valence electrons. The molecule has 2 aromatic rings. The summed E-state index contributed by atoms with van der Waals surface area (Å²) < 4.78 is 14.2. The Morgan fingerprint density at radius 3 is 2.45 bits per heavy atom. The Kier molecular flexibility index (Phi) is 8.47. The third kappa shape index (κ3) is 6.44. The minimum absolute atomic E-state index is 0.0194. The summed E-state index contributed by atoms with van der Waals surface area (Å²) in [5, 5.41) is 3.60. The van der Waals surface area contributed by atoms with Crippen molar-refractivity contribution in [3.63, 3.8) is 0 Å². The number of carbonyl (C=O) groups excluding carboxylic acids is 2.